The molecule has 0 radical (unpaired) electrons. The summed E-state index contributed by atoms with van der Waals surface area (Å²) in [5, 5.41) is 2.13. The molecule has 1 atom stereocenters. The molecular weight excluding hydrogens is 206 g/mol. The molecule has 0 aromatic heterocycles. The van der Waals surface area contributed by atoms with Crippen molar-refractivity contribution in [3.8, 4) is 0 Å². The molecule has 1 fully saturated rings. The Morgan fingerprint density at radius 2 is 2.00 bits per heavy atom. The normalized spacial score (nSPS) is 28.4. The smallest absolute Gasteiger partial charge is 0.408 e. The average Bonchev–Trinajstić information content (AvgIpc) is 2.49. The summed E-state index contributed by atoms with van der Waals surface area (Å²) in [4.78, 5) is 11.2. The van der Waals surface area contributed by atoms with Gasteiger partial charge in [-0.2, -0.15) is 0 Å². The van der Waals surface area contributed by atoms with E-state index in [9.17, 15) is 13.6 Å². The highest BCUT2D eigenvalue weighted by atomic mass is 19.3. The summed E-state index contributed by atoms with van der Waals surface area (Å²) in [6, 6.07) is 0. The second-order valence-electron chi connectivity index (χ2n) is 4.79. The third kappa shape index (κ3) is 2.56. The second-order valence-corrected chi connectivity index (χ2v) is 4.79. The first-order valence-corrected chi connectivity index (χ1v) is 4.71. The molecule has 1 rings (SSSR count). The van der Waals surface area contributed by atoms with Gasteiger partial charge >= 0.3 is 6.09 Å². The Kier molecular flexibility index (Phi) is 2.67. The maximum atomic E-state index is 12.9. The highest BCUT2D eigenvalue weighted by Gasteiger charge is 2.71. The fraction of sp³-hybridized carbons (Fsp3) is 0.889. The van der Waals surface area contributed by atoms with Gasteiger partial charge < -0.3 is 15.8 Å². The number of alkyl halides is 2. The SMILES string of the molecule is CC(C)(C)OC(=O)NC1(CN)CC1(F)F. The van der Waals surface area contributed by atoms with Crippen molar-refractivity contribution in [1.29, 1.82) is 0 Å². The number of rotatable bonds is 2. The zero-order chi connectivity index (χ0) is 11.9. The molecule has 0 spiro atoms. The lowest BCUT2D eigenvalue weighted by molar-refractivity contribution is 0.0373. The molecule has 15 heavy (non-hydrogen) atoms. The molecular formula is C9H16F2N2O2. The third-order valence-corrected chi connectivity index (χ3v) is 2.19. The number of alkyl carbamates (subject to hydrolysis) is 1. The number of carbonyl (C=O) groups is 1. The zero-order valence-electron chi connectivity index (χ0n) is 9.06. The Bertz CT molecular complexity index is 276. The van der Waals surface area contributed by atoms with Crippen molar-refractivity contribution in [2.45, 2.75) is 44.3 Å². The molecule has 0 bridgehead atoms. The number of hydrogen-bond donors (Lipinski definition) is 2. The van der Waals surface area contributed by atoms with Gasteiger partial charge in [0.1, 0.15) is 11.1 Å². The van der Waals surface area contributed by atoms with Gasteiger partial charge in [0.15, 0.2) is 0 Å². The number of ether oxygens (including phenoxy) is 1. The van der Waals surface area contributed by atoms with E-state index in [0.717, 1.165) is 0 Å². The van der Waals surface area contributed by atoms with Gasteiger partial charge in [-0.05, 0) is 20.8 Å². The van der Waals surface area contributed by atoms with E-state index >= 15 is 0 Å². The largest absolute Gasteiger partial charge is 0.444 e. The summed E-state index contributed by atoms with van der Waals surface area (Å²) in [6.07, 6.45) is -1.28. The van der Waals surface area contributed by atoms with Crippen LogP contribution >= 0.6 is 0 Å². The van der Waals surface area contributed by atoms with Crippen LogP contribution in [0.4, 0.5) is 13.6 Å². The standard InChI is InChI=1S/C9H16F2N2O2/c1-7(2,3)15-6(14)13-8(5-12)4-9(8,10)11/h4-5,12H2,1-3H3,(H,13,14). The zero-order valence-corrected chi connectivity index (χ0v) is 9.06. The Morgan fingerprint density at radius 3 is 2.27 bits per heavy atom. The molecule has 1 amide bonds. The minimum absolute atomic E-state index is 0.292. The molecule has 6 heteroatoms. The Balaban J connectivity index is 2.53. The minimum Gasteiger partial charge on any atom is -0.444 e. The van der Waals surface area contributed by atoms with Crippen LogP contribution in [0.1, 0.15) is 27.2 Å². The lowest BCUT2D eigenvalue weighted by Gasteiger charge is -2.22. The van der Waals surface area contributed by atoms with Gasteiger partial charge in [-0.1, -0.05) is 0 Å². The van der Waals surface area contributed by atoms with Crippen LogP contribution in [0.5, 0.6) is 0 Å². The first-order chi connectivity index (χ1) is 6.62. The summed E-state index contributed by atoms with van der Waals surface area (Å²) in [7, 11) is 0. The van der Waals surface area contributed by atoms with Crippen molar-refractivity contribution in [3.05, 3.63) is 0 Å². The van der Waals surface area contributed by atoms with Crippen LogP contribution in [0, 0.1) is 0 Å². The number of halogens is 2. The highest BCUT2D eigenvalue weighted by Crippen LogP contribution is 2.51. The first-order valence-electron chi connectivity index (χ1n) is 4.71. The fourth-order valence-electron chi connectivity index (χ4n) is 1.24. The van der Waals surface area contributed by atoms with Gasteiger partial charge in [-0.3, -0.25) is 0 Å². The number of nitrogens with two attached hydrogens (primary N) is 1. The molecule has 0 aromatic carbocycles. The van der Waals surface area contributed by atoms with Crippen LogP contribution in [-0.2, 0) is 4.74 Å². The average molecular weight is 222 g/mol. The van der Waals surface area contributed by atoms with E-state index < -0.39 is 29.6 Å². The predicted molar refractivity (Wildman–Crippen MR) is 50.7 cm³/mol. The first kappa shape index (κ1) is 12.2. The molecule has 1 saturated carbocycles. The van der Waals surface area contributed by atoms with E-state index in [0.29, 0.717) is 0 Å². The molecule has 0 aromatic rings. The number of nitrogens with one attached hydrogen (secondary N) is 1. The van der Waals surface area contributed by atoms with E-state index in [4.69, 9.17) is 10.5 Å². The summed E-state index contributed by atoms with van der Waals surface area (Å²) in [6.45, 7) is 4.69. The van der Waals surface area contributed by atoms with Crippen molar-refractivity contribution in [1.82, 2.24) is 5.32 Å². The molecule has 4 nitrogen and oxygen atoms in total. The van der Waals surface area contributed by atoms with Crippen molar-refractivity contribution >= 4 is 6.09 Å². The Labute approximate surface area is 87.1 Å². The summed E-state index contributed by atoms with van der Waals surface area (Å²) in [5.41, 5.74) is 2.90. The fourth-order valence-corrected chi connectivity index (χ4v) is 1.24. The Morgan fingerprint density at radius 1 is 1.53 bits per heavy atom. The summed E-state index contributed by atoms with van der Waals surface area (Å²) >= 11 is 0. The van der Waals surface area contributed by atoms with Gasteiger partial charge in [0.25, 0.3) is 5.92 Å². The maximum Gasteiger partial charge on any atom is 0.408 e. The second kappa shape index (κ2) is 3.30. The van der Waals surface area contributed by atoms with E-state index in [2.05, 4.69) is 5.32 Å². The van der Waals surface area contributed by atoms with E-state index in [1.54, 1.807) is 20.8 Å². The molecule has 1 unspecified atom stereocenters. The molecule has 0 saturated heterocycles. The maximum absolute atomic E-state index is 12.9. The third-order valence-electron chi connectivity index (χ3n) is 2.19. The van der Waals surface area contributed by atoms with Crippen LogP contribution in [0.15, 0.2) is 0 Å². The lowest BCUT2D eigenvalue weighted by atomic mass is 10.2. The number of amides is 1. The van der Waals surface area contributed by atoms with Crippen molar-refractivity contribution in [2.24, 2.45) is 5.73 Å². The van der Waals surface area contributed by atoms with Gasteiger partial charge in [0.05, 0.1) is 0 Å². The van der Waals surface area contributed by atoms with Crippen LogP contribution in [0.25, 0.3) is 0 Å². The lowest BCUT2D eigenvalue weighted by Crippen LogP contribution is -2.48. The highest BCUT2D eigenvalue weighted by molar-refractivity contribution is 5.70. The summed E-state index contributed by atoms with van der Waals surface area (Å²) in [5.74, 6) is -2.92. The molecule has 0 heterocycles. The van der Waals surface area contributed by atoms with Crippen LogP contribution in [-0.4, -0.2) is 29.7 Å². The van der Waals surface area contributed by atoms with Crippen molar-refractivity contribution in [3.63, 3.8) is 0 Å². The number of carbonyl (C=O) groups excluding carboxylic acids is 1. The summed E-state index contributed by atoms with van der Waals surface area (Å²) < 4.78 is 30.7. The van der Waals surface area contributed by atoms with Gasteiger partial charge in [0, 0.05) is 13.0 Å². The van der Waals surface area contributed by atoms with E-state index in [-0.39, 0.29) is 6.54 Å². The van der Waals surface area contributed by atoms with Gasteiger partial charge in [-0.25, -0.2) is 13.6 Å². The molecule has 88 valence electrons. The van der Waals surface area contributed by atoms with Gasteiger partial charge in [-0.15, -0.1) is 0 Å². The molecule has 3 N–H and O–H groups in total. The molecule has 1 aliphatic carbocycles. The predicted octanol–water partition coefficient (Wildman–Crippen LogP) is 1.25. The van der Waals surface area contributed by atoms with Crippen molar-refractivity contribution in [2.75, 3.05) is 6.54 Å². The van der Waals surface area contributed by atoms with Gasteiger partial charge in [0.2, 0.25) is 0 Å². The van der Waals surface area contributed by atoms with Crippen molar-refractivity contribution < 1.29 is 18.3 Å². The Hall–Kier alpha value is -0.910. The monoisotopic (exact) mass is 222 g/mol. The topological polar surface area (TPSA) is 64.3 Å². The van der Waals surface area contributed by atoms with E-state index in [1.165, 1.54) is 0 Å². The van der Waals surface area contributed by atoms with E-state index in [1.807, 2.05) is 0 Å². The van der Waals surface area contributed by atoms with Crippen LogP contribution in [0.3, 0.4) is 0 Å². The minimum atomic E-state index is -2.92. The van der Waals surface area contributed by atoms with Crippen LogP contribution < -0.4 is 11.1 Å². The van der Waals surface area contributed by atoms with Crippen LogP contribution in [0.2, 0.25) is 0 Å². The number of hydrogen-bond acceptors (Lipinski definition) is 3. The quantitative estimate of drug-likeness (QED) is 0.739. The molecule has 0 aliphatic heterocycles. The molecule has 1 aliphatic rings.